The highest BCUT2D eigenvalue weighted by Gasteiger charge is 2.16. The molecule has 0 fully saturated rings. The maximum absolute atomic E-state index is 13.4. The molecule has 0 aliphatic heterocycles. The highest BCUT2D eigenvalue weighted by molar-refractivity contribution is 7.15. The average Bonchev–Trinajstić information content (AvgIpc) is 2.74. The summed E-state index contributed by atoms with van der Waals surface area (Å²) in [5.41, 5.74) is 5.32. The first-order valence-corrected chi connectivity index (χ1v) is 5.23. The van der Waals surface area contributed by atoms with Crippen molar-refractivity contribution in [3.8, 4) is 10.6 Å². The smallest absolute Gasteiger partial charge is 0.195 e. The number of halogens is 3. The molecule has 16 heavy (non-hydrogen) atoms. The predicted molar refractivity (Wildman–Crippen MR) is 55.3 cm³/mol. The van der Waals surface area contributed by atoms with Gasteiger partial charge in [-0.05, 0) is 12.1 Å². The normalized spacial score (nSPS) is 10.8. The molecule has 0 amide bonds. The molecule has 0 spiro atoms. The van der Waals surface area contributed by atoms with Gasteiger partial charge in [-0.15, -0.1) is 11.3 Å². The largest absolute Gasteiger partial charge is 0.326 e. The first kappa shape index (κ1) is 11.1. The lowest BCUT2D eigenvalue weighted by molar-refractivity contribution is 0.449. The third-order valence-corrected chi connectivity index (χ3v) is 3.07. The molecule has 84 valence electrons. The van der Waals surface area contributed by atoms with E-state index in [-0.39, 0.29) is 17.1 Å². The van der Waals surface area contributed by atoms with Crippen LogP contribution in [0.5, 0.6) is 0 Å². The summed E-state index contributed by atoms with van der Waals surface area (Å²) in [4.78, 5) is 4.65. The Morgan fingerprint density at radius 3 is 2.56 bits per heavy atom. The summed E-state index contributed by atoms with van der Waals surface area (Å²) in [5.74, 6) is -3.92. The van der Waals surface area contributed by atoms with Crippen molar-refractivity contribution in [2.45, 2.75) is 6.54 Å². The molecule has 0 bridgehead atoms. The van der Waals surface area contributed by atoms with Gasteiger partial charge >= 0.3 is 0 Å². The lowest BCUT2D eigenvalue weighted by Crippen LogP contribution is -1.93. The van der Waals surface area contributed by atoms with Crippen LogP contribution in [0.3, 0.4) is 0 Å². The Morgan fingerprint density at radius 1 is 1.19 bits per heavy atom. The predicted octanol–water partition coefficient (Wildman–Crippen LogP) is 2.69. The van der Waals surface area contributed by atoms with Gasteiger partial charge in [0.1, 0.15) is 5.01 Å². The zero-order valence-corrected chi connectivity index (χ0v) is 8.82. The molecule has 1 aromatic heterocycles. The molecule has 2 rings (SSSR count). The van der Waals surface area contributed by atoms with Crippen molar-refractivity contribution in [1.29, 1.82) is 0 Å². The van der Waals surface area contributed by atoms with Gasteiger partial charge in [0.25, 0.3) is 0 Å². The van der Waals surface area contributed by atoms with E-state index in [1.165, 1.54) is 6.20 Å². The third kappa shape index (κ3) is 1.81. The molecule has 0 aliphatic carbocycles. The average molecular weight is 244 g/mol. The number of nitrogens with two attached hydrogens (primary N) is 1. The van der Waals surface area contributed by atoms with Crippen molar-refractivity contribution >= 4 is 11.3 Å². The topological polar surface area (TPSA) is 38.9 Å². The fraction of sp³-hybridized carbons (Fsp3) is 0.100. The van der Waals surface area contributed by atoms with E-state index < -0.39 is 17.5 Å². The van der Waals surface area contributed by atoms with Crippen molar-refractivity contribution in [3.63, 3.8) is 0 Å². The van der Waals surface area contributed by atoms with E-state index >= 15 is 0 Å². The molecule has 0 saturated heterocycles. The van der Waals surface area contributed by atoms with Gasteiger partial charge < -0.3 is 5.73 Å². The molecular formula is C10H7F3N2S. The van der Waals surface area contributed by atoms with E-state index in [9.17, 15) is 13.2 Å². The number of thiazole rings is 1. The van der Waals surface area contributed by atoms with Gasteiger partial charge in [0.05, 0.1) is 0 Å². The Hall–Kier alpha value is -1.40. The van der Waals surface area contributed by atoms with Crippen LogP contribution >= 0.6 is 11.3 Å². The van der Waals surface area contributed by atoms with Crippen molar-refractivity contribution in [2.24, 2.45) is 5.73 Å². The van der Waals surface area contributed by atoms with E-state index in [2.05, 4.69) is 4.98 Å². The molecule has 2 nitrogen and oxygen atoms in total. The number of hydrogen-bond donors (Lipinski definition) is 1. The Morgan fingerprint density at radius 2 is 1.94 bits per heavy atom. The zero-order valence-electron chi connectivity index (χ0n) is 8.01. The first-order valence-electron chi connectivity index (χ1n) is 4.42. The van der Waals surface area contributed by atoms with Gasteiger partial charge in [0, 0.05) is 23.2 Å². The van der Waals surface area contributed by atoms with Crippen LogP contribution < -0.4 is 5.73 Å². The van der Waals surface area contributed by atoms with Gasteiger partial charge in [-0.25, -0.2) is 18.2 Å². The molecule has 0 radical (unpaired) electrons. The molecule has 2 aromatic rings. The van der Waals surface area contributed by atoms with Gasteiger partial charge in [0.15, 0.2) is 17.5 Å². The van der Waals surface area contributed by atoms with E-state index in [0.29, 0.717) is 0 Å². The molecule has 0 saturated carbocycles. The Kier molecular flexibility index (Phi) is 2.93. The minimum absolute atomic E-state index is 0.0522. The Balaban J connectivity index is 2.52. The quantitative estimate of drug-likeness (QED) is 0.825. The summed E-state index contributed by atoms with van der Waals surface area (Å²) in [6, 6.07) is 2.03. The van der Waals surface area contributed by atoms with Gasteiger partial charge in [-0.3, -0.25) is 0 Å². The standard InChI is InChI=1S/C10H7F3N2S/c11-7-2-1-6(8(12)9(7)13)10-15-4-5(3-14)16-10/h1-2,4H,3,14H2. The monoisotopic (exact) mass is 244 g/mol. The third-order valence-electron chi connectivity index (χ3n) is 2.02. The molecule has 0 atom stereocenters. The highest BCUT2D eigenvalue weighted by Crippen LogP contribution is 2.29. The second-order valence-corrected chi connectivity index (χ2v) is 4.17. The number of aromatic nitrogens is 1. The van der Waals surface area contributed by atoms with E-state index in [1.807, 2.05) is 0 Å². The second kappa shape index (κ2) is 4.23. The van der Waals surface area contributed by atoms with Crippen molar-refractivity contribution in [3.05, 3.63) is 40.7 Å². The van der Waals surface area contributed by atoms with Crippen molar-refractivity contribution in [2.75, 3.05) is 0 Å². The van der Waals surface area contributed by atoms with Crippen LogP contribution in [0, 0.1) is 17.5 Å². The Labute approximate surface area is 93.5 Å². The lowest BCUT2D eigenvalue weighted by atomic mass is 10.2. The van der Waals surface area contributed by atoms with Crippen LogP contribution in [0.1, 0.15) is 4.88 Å². The molecule has 6 heteroatoms. The van der Waals surface area contributed by atoms with Crippen LogP contribution in [-0.4, -0.2) is 4.98 Å². The fourth-order valence-electron chi connectivity index (χ4n) is 1.22. The summed E-state index contributed by atoms with van der Waals surface area (Å²) < 4.78 is 39.0. The van der Waals surface area contributed by atoms with E-state index in [0.717, 1.165) is 28.3 Å². The maximum Gasteiger partial charge on any atom is 0.195 e. The summed E-state index contributed by atoms with van der Waals surface area (Å²) in [5, 5.41) is 0.289. The van der Waals surface area contributed by atoms with Gasteiger partial charge in [-0.1, -0.05) is 0 Å². The molecule has 0 unspecified atom stereocenters. The summed E-state index contributed by atoms with van der Waals surface area (Å²) >= 11 is 1.15. The van der Waals surface area contributed by atoms with Crippen LogP contribution in [0.15, 0.2) is 18.3 Å². The van der Waals surface area contributed by atoms with E-state index in [4.69, 9.17) is 5.73 Å². The summed E-state index contributed by atoms with van der Waals surface area (Å²) in [6.45, 7) is 0.281. The number of rotatable bonds is 2. The van der Waals surface area contributed by atoms with E-state index in [1.54, 1.807) is 0 Å². The summed E-state index contributed by atoms with van der Waals surface area (Å²) in [6.07, 6.45) is 1.49. The maximum atomic E-state index is 13.4. The number of nitrogens with zero attached hydrogens (tertiary/aromatic N) is 1. The minimum Gasteiger partial charge on any atom is -0.326 e. The van der Waals surface area contributed by atoms with Crippen LogP contribution in [0.4, 0.5) is 13.2 Å². The molecular weight excluding hydrogens is 237 g/mol. The Bertz CT molecular complexity index is 525. The second-order valence-electron chi connectivity index (χ2n) is 3.06. The van der Waals surface area contributed by atoms with Crippen molar-refractivity contribution < 1.29 is 13.2 Å². The van der Waals surface area contributed by atoms with Crippen LogP contribution in [-0.2, 0) is 6.54 Å². The minimum atomic E-state index is -1.48. The van der Waals surface area contributed by atoms with Gasteiger partial charge in [0.2, 0.25) is 0 Å². The first-order chi connectivity index (χ1) is 7.63. The molecule has 0 aliphatic rings. The molecule has 2 N–H and O–H groups in total. The molecule has 1 heterocycles. The summed E-state index contributed by atoms with van der Waals surface area (Å²) in [7, 11) is 0. The van der Waals surface area contributed by atoms with Crippen molar-refractivity contribution in [1.82, 2.24) is 4.98 Å². The lowest BCUT2D eigenvalue weighted by Gasteiger charge is -2.00. The number of benzene rings is 1. The molecule has 1 aromatic carbocycles. The highest BCUT2D eigenvalue weighted by atomic mass is 32.1. The van der Waals surface area contributed by atoms with Crippen LogP contribution in [0.25, 0.3) is 10.6 Å². The SMILES string of the molecule is NCc1cnc(-c2ccc(F)c(F)c2F)s1. The van der Waals surface area contributed by atoms with Crippen LogP contribution in [0.2, 0.25) is 0 Å². The fourth-order valence-corrected chi connectivity index (χ4v) is 2.03. The zero-order chi connectivity index (χ0) is 11.7. The van der Waals surface area contributed by atoms with Gasteiger partial charge in [-0.2, -0.15) is 0 Å². The number of hydrogen-bond acceptors (Lipinski definition) is 3.